The highest BCUT2D eigenvalue weighted by Gasteiger charge is 2.23. The van der Waals surface area contributed by atoms with E-state index in [2.05, 4.69) is 216 Å². The van der Waals surface area contributed by atoms with Gasteiger partial charge in [-0.05, 0) is 108 Å². The molecule has 0 fully saturated rings. The molecule has 13 rings (SSSR count). The van der Waals surface area contributed by atoms with Gasteiger partial charge in [0.25, 0.3) is 0 Å². The van der Waals surface area contributed by atoms with Crippen LogP contribution < -0.4 is 0 Å². The molecule has 11 aromatic carbocycles. The molecule has 4 heteroatoms. The van der Waals surface area contributed by atoms with Gasteiger partial charge in [-0.1, -0.05) is 176 Å². The van der Waals surface area contributed by atoms with Crippen LogP contribution in [0.15, 0.2) is 218 Å². The van der Waals surface area contributed by atoms with Crippen molar-refractivity contribution in [3.8, 4) is 50.6 Å². The predicted octanol–water partition coefficient (Wildman–Crippen LogP) is 16.6. The Bertz CT molecular complexity index is 4120. The molecule has 4 nitrogen and oxygen atoms in total. The van der Waals surface area contributed by atoms with E-state index in [1.807, 2.05) is 12.1 Å². The largest absolute Gasteiger partial charge is 0.318 e. The van der Waals surface area contributed by atoms with Gasteiger partial charge in [-0.25, -0.2) is 14.8 Å². The van der Waals surface area contributed by atoms with Crippen molar-refractivity contribution in [2.75, 3.05) is 0 Å². The molecular weight excluding hydrogens is 789 g/mol. The van der Waals surface area contributed by atoms with Crippen LogP contribution in [-0.4, -0.2) is 14.5 Å². The molecule has 0 atom stereocenters. The van der Waals surface area contributed by atoms with Crippen LogP contribution in [0.1, 0.15) is 0 Å². The molecule has 0 aliphatic carbocycles. The first-order valence-corrected chi connectivity index (χ1v) is 21.9. The third kappa shape index (κ3) is 5.91. The van der Waals surface area contributed by atoms with Crippen molar-refractivity contribution in [1.82, 2.24) is 14.5 Å². The lowest BCUT2D eigenvalue weighted by Crippen LogP contribution is -2.00. The monoisotopic (exact) mass is 824 g/mol. The molecule has 0 unspecified atom stereocenters. The number of hydrogen-bond acceptors (Lipinski definition) is 2. The first-order chi connectivity index (χ1) is 32.2. The van der Waals surface area contributed by atoms with Gasteiger partial charge in [-0.3, -0.25) is 0 Å². The third-order valence-electron chi connectivity index (χ3n) is 13.1. The molecule has 13 aromatic rings. The molecule has 65 heavy (non-hydrogen) atoms. The molecule has 0 spiro atoms. The second-order valence-corrected chi connectivity index (χ2v) is 16.8. The minimum Gasteiger partial charge on any atom is -0.318 e. The van der Waals surface area contributed by atoms with Crippen LogP contribution in [0, 0.1) is 6.57 Å². The van der Waals surface area contributed by atoms with Gasteiger partial charge in [0.15, 0.2) is 5.82 Å². The maximum Gasteiger partial charge on any atom is 0.211 e. The van der Waals surface area contributed by atoms with Crippen LogP contribution in [0.4, 0.5) is 5.69 Å². The van der Waals surface area contributed by atoms with Gasteiger partial charge < -0.3 is 4.57 Å². The van der Waals surface area contributed by atoms with Crippen LogP contribution >= 0.6 is 0 Å². The van der Waals surface area contributed by atoms with E-state index in [9.17, 15) is 0 Å². The van der Waals surface area contributed by atoms with E-state index in [1.165, 1.54) is 38.1 Å². The summed E-state index contributed by atoms with van der Waals surface area (Å²) in [5.41, 5.74) is 11.6. The van der Waals surface area contributed by atoms with Crippen molar-refractivity contribution in [3.63, 3.8) is 0 Å². The summed E-state index contributed by atoms with van der Waals surface area (Å²) in [6, 6.07) is 77.3. The highest BCUT2D eigenvalue weighted by atomic mass is 15.0. The van der Waals surface area contributed by atoms with Crippen LogP contribution in [0.5, 0.6) is 0 Å². The van der Waals surface area contributed by atoms with Crippen LogP contribution in [-0.2, 0) is 0 Å². The zero-order valence-corrected chi connectivity index (χ0v) is 35.1. The van der Waals surface area contributed by atoms with Crippen molar-refractivity contribution in [2.45, 2.75) is 0 Å². The van der Waals surface area contributed by atoms with Gasteiger partial charge >= 0.3 is 0 Å². The summed E-state index contributed by atoms with van der Waals surface area (Å²) in [6.07, 6.45) is 0. The molecule has 0 bridgehead atoms. The van der Waals surface area contributed by atoms with Crippen LogP contribution in [0.3, 0.4) is 0 Å². The molecular formula is C61H36N4. The lowest BCUT2D eigenvalue weighted by atomic mass is 9.96. The van der Waals surface area contributed by atoms with E-state index < -0.39 is 0 Å². The molecule has 300 valence electrons. The normalized spacial score (nSPS) is 11.7. The van der Waals surface area contributed by atoms with E-state index in [1.54, 1.807) is 0 Å². The fourth-order valence-electron chi connectivity index (χ4n) is 10.0. The summed E-state index contributed by atoms with van der Waals surface area (Å²) in [4.78, 5) is 15.2. The quantitative estimate of drug-likeness (QED) is 0.162. The number of benzene rings is 11. The van der Waals surface area contributed by atoms with Crippen molar-refractivity contribution in [3.05, 3.63) is 230 Å². The lowest BCUT2D eigenvalue weighted by Gasteiger charge is -2.18. The molecule has 0 amide bonds. The second-order valence-electron chi connectivity index (χ2n) is 16.8. The fraction of sp³-hybridized carbons (Fsp3) is 0. The summed E-state index contributed by atoms with van der Waals surface area (Å²) >= 11 is 0. The average Bonchev–Trinajstić information content (AvgIpc) is 3.70. The van der Waals surface area contributed by atoms with E-state index in [-0.39, 0.29) is 0 Å². The molecule has 2 heterocycles. The van der Waals surface area contributed by atoms with Crippen LogP contribution in [0.25, 0.3) is 131 Å². The molecule has 0 N–H and O–H groups in total. The Morgan fingerprint density at radius 1 is 0.369 bits per heavy atom. The van der Waals surface area contributed by atoms with Crippen molar-refractivity contribution in [1.29, 1.82) is 0 Å². The molecule has 0 saturated carbocycles. The van der Waals surface area contributed by atoms with Gasteiger partial charge in [-0.2, -0.15) is 0 Å². The average molecular weight is 825 g/mol. The Labute approximate surface area is 374 Å². The number of aromatic nitrogens is 3. The lowest BCUT2D eigenvalue weighted by molar-refractivity contribution is 1.20. The van der Waals surface area contributed by atoms with Gasteiger partial charge in [0.2, 0.25) is 5.69 Å². The van der Waals surface area contributed by atoms with Gasteiger partial charge in [0.05, 0.1) is 34.5 Å². The molecule has 0 aliphatic heterocycles. The maximum absolute atomic E-state index is 8.82. The standard InChI is InChI=1S/C61H36N4/c1-62-55-37-51(49-21-11-12-22-50(49)60(55)65-56-32-30-42-16-9-10-20-48(42)58(56)53-35-44-18-7-8-19-45(44)36-57(53)65)61-63-54-31-29-46(41-25-23-40(24-26-41)38-13-3-2-4-14-38)34-52(54)59(64-61)47-28-27-39-15-5-6-17-43(39)33-47/h2-37H. The minimum absolute atomic E-state index is 0.532. The molecule has 0 radical (unpaired) electrons. The SMILES string of the molecule is [C-]#[N+]c1cc(-c2nc(-c3ccc4ccccc4c3)c3cc(-c4ccc(-c5ccccc5)cc4)ccc3n2)c2ccccc2c1-n1c2cc3ccccc3cc2c2c3ccccc3ccc21. The zero-order chi connectivity index (χ0) is 43.0. The van der Waals surface area contributed by atoms with Gasteiger partial charge in [-0.15, -0.1) is 0 Å². The summed E-state index contributed by atoms with van der Waals surface area (Å²) in [7, 11) is 0. The first kappa shape index (κ1) is 36.7. The fourth-order valence-corrected chi connectivity index (χ4v) is 10.0. The van der Waals surface area contributed by atoms with E-state index in [0.29, 0.717) is 11.5 Å². The summed E-state index contributed by atoms with van der Waals surface area (Å²) in [5.74, 6) is 0.576. The summed E-state index contributed by atoms with van der Waals surface area (Å²) in [5, 5.41) is 12.2. The van der Waals surface area contributed by atoms with Crippen molar-refractivity contribution >= 4 is 81.5 Å². The van der Waals surface area contributed by atoms with Gasteiger partial charge in [0.1, 0.15) is 0 Å². The number of hydrogen-bond donors (Lipinski definition) is 0. The first-order valence-electron chi connectivity index (χ1n) is 21.9. The predicted molar refractivity (Wildman–Crippen MR) is 272 cm³/mol. The molecule has 0 aliphatic rings. The Kier molecular flexibility index (Phi) is 8.24. The number of rotatable bonds is 5. The van der Waals surface area contributed by atoms with Gasteiger partial charge in [0, 0.05) is 27.3 Å². The van der Waals surface area contributed by atoms with Crippen LogP contribution in [0.2, 0.25) is 0 Å². The van der Waals surface area contributed by atoms with E-state index in [4.69, 9.17) is 16.5 Å². The maximum atomic E-state index is 8.82. The summed E-state index contributed by atoms with van der Waals surface area (Å²) in [6.45, 7) is 8.82. The number of fused-ring (bicyclic) bond motifs is 9. The summed E-state index contributed by atoms with van der Waals surface area (Å²) < 4.78 is 2.32. The molecule has 0 saturated heterocycles. The topological polar surface area (TPSA) is 35.1 Å². The minimum atomic E-state index is 0.532. The Morgan fingerprint density at radius 2 is 0.954 bits per heavy atom. The van der Waals surface area contributed by atoms with Crippen molar-refractivity contribution < 1.29 is 0 Å². The zero-order valence-electron chi connectivity index (χ0n) is 35.1. The molecule has 2 aromatic heterocycles. The third-order valence-corrected chi connectivity index (χ3v) is 13.1. The Hall–Kier alpha value is -8.91. The smallest absolute Gasteiger partial charge is 0.211 e. The van der Waals surface area contributed by atoms with Crippen molar-refractivity contribution in [2.24, 2.45) is 0 Å². The Morgan fingerprint density at radius 3 is 1.72 bits per heavy atom. The second kappa shape index (κ2) is 14.6. The van der Waals surface area contributed by atoms with E-state index in [0.717, 1.165) is 82.5 Å². The van der Waals surface area contributed by atoms with E-state index >= 15 is 0 Å². The highest BCUT2D eigenvalue weighted by molar-refractivity contribution is 6.24. The highest BCUT2D eigenvalue weighted by Crippen LogP contribution is 2.46. The number of nitrogens with zero attached hydrogens (tertiary/aromatic N) is 4. The Balaban J connectivity index is 1.05.